The molecule has 10 heteroatoms. The summed E-state index contributed by atoms with van der Waals surface area (Å²) in [5.41, 5.74) is 0.876. The van der Waals surface area contributed by atoms with E-state index in [-0.39, 0.29) is 18.1 Å². The standard InChI is InChI=1S/C23H28ClN5O3S/c1-28-14-16(4-7-20(28)30)25-22-21-19(10-13-33(21)31)26-23(27-22)29-11-8-18(9-12-29)32-17-5-2-15(24)3-6-17/h2-3,5-6,16,18H,4,7-14H2,1H3,(H,25,26,27)/t16-,33?/m0/s1. The van der Waals surface area contributed by atoms with E-state index in [1.807, 2.05) is 31.3 Å². The largest absolute Gasteiger partial charge is 0.490 e. The maximum absolute atomic E-state index is 12.7. The smallest absolute Gasteiger partial charge is 0.227 e. The lowest BCUT2D eigenvalue weighted by atomic mass is 10.1. The first-order chi connectivity index (χ1) is 16.0. The number of rotatable bonds is 5. The number of nitrogens with one attached hydrogen (secondary N) is 1. The molecule has 3 aliphatic rings. The topological polar surface area (TPSA) is 87.7 Å². The molecule has 0 aliphatic carbocycles. The Morgan fingerprint density at radius 3 is 2.61 bits per heavy atom. The van der Waals surface area contributed by atoms with Gasteiger partial charge in [-0.25, -0.2) is 4.98 Å². The number of likely N-dealkylation sites (tertiary alicyclic amines) is 1. The third-order valence-corrected chi connectivity index (χ3v) is 8.20. The fraction of sp³-hybridized carbons (Fsp3) is 0.522. The normalized spacial score (nSPS) is 23.5. The van der Waals surface area contributed by atoms with E-state index < -0.39 is 10.8 Å². The Bertz CT molecular complexity index is 1060. The number of halogens is 1. The van der Waals surface area contributed by atoms with Crippen LogP contribution in [-0.2, 0) is 22.0 Å². The van der Waals surface area contributed by atoms with Gasteiger partial charge in [0.2, 0.25) is 11.9 Å². The van der Waals surface area contributed by atoms with Crippen molar-refractivity contribution in [3.05, 3.63) is 35.0 Å². The van der Waals surface area contributed by atoms with Gasteiger partial charge in [-0.1, -0.05) is 11.6 Å². The van der Waals surface area contributed by atoms with Crippen LogP contribution in [0.15, 0.2) is 29.2 Å². The second-order valence-electron chi connectivity index (χ2n) is 8.86. The highest BCUT2D eigenvalue weighted by atomic mass is 35.5. The van der Waals surface area contributed by atoms with Crippen molar-refractivity contribution >= 4 is 40.1 Å². The molecular weight excluding hydrogens is 462 g/mol. The zero-order chi connectivity index (χ0) is 22.9. The first-order valence-corrected chi connectivity index (χ1v) is 13.1. The molecule has 1 amide bonds. The Hall–Kier alpha value is -2.39. The summed E-state index contributed by atoms with van der Waals surface area (Å²) in [4.78, 5) is 26.1. The first-order valence-electron chi connectivity index (χ1n) is 11.4. The molecular formula is C23H28ClN5O3S. The van der Waals surface area contributed by atoms with Gasteiger partial charge in [0.15, 0.2) is 0 Å². The number of amides is 1. The number of carbonyl (C=O) groups excluding carboxylic acids is 1. The van der Waals surface area contributed by atoms with E-state index in [4.69, 9.17) is 26.3 Å². The van der Waals surface area contributed by atoms with Crippen LogP contribution in [0.5, 0.6) is 5.75 Å². The molecule has 2 aromatic rings. The molecule has 2 fully saturated rings. The van der Waals surface area contributed by atoms with Crippen LogP contribution in [0, 0.1) is 0 Å². The summed E-state index contributed by atoms with van der Waals surface area (Å²) >= 11 is 5.96. The Kier molecular flexibility index (Phi) is 6.42. The number of nitrogens with zero attached hydrogens (tertiary/aromatic N) is 4. The predicted octanol–water partition coefficient (Wildman–Crippen LogP) is 2.87. The number of aryl methyl sites for hydroxylation is 1. The van der Waals surface area contributed by atoms with Crippen LogP contribution in [-0.4, -0.2) is 69.6 Å². The summed E-state index contributed by atoms with van der Waals surface area (Å²) in [5.74, 6) is 2.92. The monoisotopic (exact) mass is 489 g/mol. The van der Waals surface area contributed by atoms with Crippen molar-refractivity contribution in [1.82, 2.24) is 14.9 Å². The molecule has 5 rings (SSSR count). The lowest BCUT2D eigenvalue weighted by Crippen LogP contribution is -2.43. The number of likely N-dealkylation sites (N-methyl/N-ethyl adjacent to an activating group) is 1. The van der Waals surface area contributed by atoms with E-state index in [1.54, 1.807) is 4.90 Å². The predicted molar refractivity (Wildman–Crippen MR) is 129 cm³/mol. The Morgan fingerprint density at radius 2 is 1.88 bits per heavy atom. The fourth-order valence-electron chi connectivity index (χ4n) is 4.63. The lowest BCUT2D eigenvalue weighted by molar-refractivity contribution is -0.132. The molecule has 2 atom stereocenters. The summed E-state index contributed by atoms with van der Waals surface area (Å²) in [5, 5.41) is 4.18. The van der Waals surface area contributed by atoms with Gasteiger partial charge < -0.3 is 19.9 Å². The molecule has 4 heterocycles. The summed E-state index contributed by atoms with van der Waals surface area (Å²) in [6.45, 7) is 2.20. The molecule has 1 unspecified atom stereocenters. The summed E-state index contributed by atoms with van der Waals surface area (Å²) in [6, 6.07) is 7.56. The van der Waals surface area contributed by atoms with Crippen LogP contribution < -0.4 is 15.0 Å². The highest BCUT2D eigenvalue weighted by molar-refractivity contribution is 7.85. The number of anilines is 2. The zero-order valence-corrected chi connectivity index (χ0v) is 20.2. The molecule has 0 radical (unpaired) electrons. The van der Waals surface area contributed by atoms with Crippen molar-refractivity contribution < 1.29 is 13.7 Å². The van der Waals surface area contributed by atoms with Crippen molar-refractivity contribution in [3.8, 4) is 5.75 Å². The number of hydrogen-bond acceptors (Lipinski definition) is 7. The second kappa shape index (κ2) is 9.46. The van der Waals surface area contributed by atoms with Gasteiger partial charge in [0.25, 0.3) is 0 Å². The molecule has 33 heavy (non-hydrogen) atoms. The third kappa shape index (κ3) is 4.94. The van der Waals surface area contributed by atoms with E-state index in [0.29, 0.717) is 41.9 Å². The minimum absolute atomic E-state index is 0.0932. The van der Waals surface area contributed by atoms with E-state index in [1.165, 1.54) is 0 Å². The van der Waals surface area contributed by atoms with E-state index in [0.717, 1.165) is 48.7 Å². The van der Waals surface area contributed by atoms with Crippen LogP contribution in [0.1, 0.15) is 31.4 Å². The van der Waals surface area contributed by atoms with Crippen molar-refractivity contribution in [2.75, 3.05) is 42.7 Å². The number of fused-ring (bicyclic) bond motifs is 1. The fourth-order valence-corrected chi connectivity index (χ4v) is 6.07. The summed E-state index contributed by atoms with van der Waals surface area (Å²) in [7, 11) is 0.731. The van der Waals surface area contributed by atoms with Crippen molar-refractivity contribution in [1.29, 1.82) is 0 Å². The Morgan fingerprint density at radius 1 is 1.12 bits per heavy atom. The highest BCUT2D eigenvalue weighted by Gasteiger charge is 2.31. The van der Waals surface area contributed by atoms with Gasteiger partial charge in [-0.2, -0.15) is 4.98 Å². The quantitative estimate of drug-likeness (QED) is 0.690. The van der Waals surface area contributed by atoms with Gasteiger partial charge in [0.05, 0.1) is 16.5 Å². The molecule has 176 valence electrons. The van der Waals surface area contributed by atoms with Crippen molar-refractivity contribution in [2.24, 2.45) is 0 Å². The van der Waals surface area contributed by atoms with Gasteiger partial charge in [0.1, 0.15) is 22.6 Å². The Labute approximate surface area is 201 Å². The molecule has 1 aromatic heterocycles. The van der Waals surface area contributed by atoms with Gasteiger partial charge in [-0.3, -0.25) is 9.00 Å². The molecule has 1 N–H and O–H groups in total. The lowest BCUT2D eigenvalue weighted by Gasteiger charge is -2.33. The third-order valence-electron chi connectivity index (χ3n) is 6.48. The number of ether oxygens (including phenoxy) is 1. The number of benzene rings is 1. The van der Waals surface area contributed by atoms with Gasteiger partial charge in [-0.05, 0) is 30.7 Å². The van der Waals surface area contributed by atoms with Crippen molar-refractivity contribution in [2.45, 2.75) is 49.1 Å². The Balaban J connectivity index is 1.29. The second-order valence-corrected chi connectivity index (χ2v) is 10.8. The number of aromatic nitrogens is 2. The molecule has 2 saturated heterocycles. The number of piperidine rings is 2. The molecule has 0 spiro atoms. The molecule has 0 saturated carbocycles. The minimum Gasteiger partial charge on any atom is -0.490 e. The molecule has 3 aliphatic heterocycles. The van der Waals surface area contributed by atoms with Crippen LogP contribution in [0.3, 0.4) is 0 Å². The summed E-state index contributed by atoms with van der Waals surface area (Å²) in [6.07, 6.45) is 3.83. The van der Waals surface area contributed by atoms with E-state index >= 15 is 0 Å². The van der Waals surface area contributed by atoms with Crippen LogP contribution in [0.4, 0.5) is 11.8 Å². The van der Waals surface area contributed by atoms with E-state index in [2.05, 4.69) is 10.2 Å². The van der Waals surface area contributed by atoms with Crippen molar-refractivity contribution in [3.63, 3.8) is 0 Å². The number of carbonyl (C=O) groups is 1. The molecule has 8 nitrogen and oxygen atoms in total. The maximum atomic E-state index is 12.7. The maximum Gasteiger partial charge on any atom is 0.227 e. The highest BCUT2D eigenvalue weighted by Crippen LogP contribution is 2.32. The van der Waals surface area contributed by atoms with E-state index in [9.17, 15) is 9.00 Å². The van der Waals surface area contributed by atoms with Crippen LogP contribution >= 0.6 is 11.6 Å². The van der Waals surface area contributed by atoms with Gasteiger partial charge in [0, 0.05) is 69.2 Å². The zero-order valence-electron chi connectivity index (χ0n) is 18.6. The molecule has 0 bridgehead atoms. The van der Waals surface area contributed by atoms with Gasteiger partial charge in [-0.15, -0.1) is 0 Å². The number of hydrogen-bond donors (Lipinski definition) is 1. The minimum atomic E-state index is -1.09. The SMILES string of the molecule is CN1C[C@@H](Nc2nc(N3CCC(Oc4ccc(Cl)cc4)CC3)nc3c2S(=O)CC3)CCC1=O. The molecule has 1 aromatic carbocycles. The van der Waals surface area contributed by atoms with Gasteiger partial charge >= 0.3 is 0 Å². The summed E-state index contributed by atoms with van der Waals surface area (Å²) < 4.78 is 18.8. The van der Waals surface area contributed by atoms with Crippen LogP contribution in [0.2, 0.25) is 5.02 Å². The average molecular weight is 490 g/mol. The first kappa shape index (κ1) is 22.4. The van der Waals surface area contributed by atoms with Crippen LogP contribution in [0.25, 0.3) is 0 Å². The average Bonchev–Trinajstić information content (AvgIpc) is 3.19.